The summed E-state index contributed by atoms with van der Waals surface area (Å²) in [5.41, 5.74) is 5.41. The third kappa shape index (κ3) is 2.52. The smallest absolute Gasteiger partial charge is 0.336 e. The van der Waals surface area contributed by atoms with E-state index in [2.05, 4.69) is 0 Å². The van der Waals surface area contributed by atoms with E-state index in [1.165, 1.54) is 0 Å². The second-order valence-electron chi connectivity index (χ2n) is 6.76. The average Bonchev–Trinajstić information content (AvgIpc) is 2.98. The standard InChI is InChI=1S/C23H21NO3/c1-4-27-23(26)18-14(2)24(3)21-16-12-8-9-13-17(16)22(25)20(21)19(18)15-10-6-5-7-11-15/h5-13,19H,4H2,1-3H3. The zero-order valence-corrected chi connectivity index (χ0v) is 15.7. The molecule has 27 heavy (non-hydrogen) atoms. The van der Waals surface area contributed by atoms with Gasteiger partial charge in [0.2, 0.25) is 0 Å². The molecule has 0 radical (unpaired) electrons. The molecule has 2 aliphatic rings. The molecule has 0 saturated heterocycles. The van der Waals surface area contributed by atoms with Crippen molar-refractivity contribution in [1.82, 2.24) is 4.90 Å². The van der Waals surface area contributed by atoms with Crippen molar-refractivity contribution in [2.24, 2.45) is 0 Å². The SMILES string of the molecule is CCOC(=O)C1=C(C)N(C)C2=C(C(=O)c3ccccc32)C1c1ccccc1. The summed E-state index contributed by atoms with van der Waals surface area (Å²) in [6.45, 7) is 4.00. The van der Waals surface area contributed by atoms with Gasteiger partial charge >= 0.3 is 5.97 Å². The van der Waals surface area contributed by atoms with Crippen LogP contribution in [0.15, 0.2) is 71.4 Å². The number of esters is 1. The highest BCUT2D eigenvalue weighted by molar-refractivity contribution is 6.23. The van der Waals surface area contributed by atoms with Crippen molar-refractivity contribution in [2.75, 3.05) is 13.7 Å². The summed E-state index contributed by atoms with van der Waals surface area (Å²) in [7, 11) is 1.90. The van der Waals surface area contributed by atoms with E-state index in [0.717, 1.165) is 22.5 Å². The van der Waals surface area contributed by atoms with Crippen LogP contribution < -0.4 is 0 Å². The van der Waals surface area contributed by atoms with Crippen LogP contribution in [-0.2, 0) is 9.53 Å². The first-order valence-corrected chi connectivity index (χ1v) is 9.11. The Morgan fingerprint density at radius 1 is 1.04 bits per heavy atom. The molecule has 0 aromatic heterocycles. The number of hydrogen-bond donors (Lipinski definition) is 0. The van der Waals surface area contributed by atoms with Gasteiger partial charge in [-0.25, -0.2) is 4.79 Å². The van der Waals surface area contributed by atoms with Crippen LogP contribution in [0.25, 0.3) is 5.70 Å². The Kier molecular flexibility index (Phi) is 4.19. The maximum Gasteiger partial charge on any atom is 0.336 e. The molecular formula is C23H21NO3. The van der Waals surface area contributed by atoms with Gasteiger partial charge in [-0.05, 0) is 19.4 Å². The van der Waals surface area contributed by atoms with Crippen LogP contribution in [0.3, 0.4) is 0 Å². The second-order valence-corrected chi connectivity index (χ2v) is 6.76. The first-order chi connectivity index (χ1) is 13.1. The molecule has 4 heteroatoms. The lowest BCUT2D eigenvalue weighted by molar-refractivity contribution is -0.138. The molecule has 0 saturated carbocycles. The van der Waals surface area contributed by atoms with E-state index in [9.17, 15) is 9.59 Å². The minimum absolute atomic E-state index is 0.0180. The molecular weight excluding hydrogens is 338 g/mol. The van der Waals surface area contributed by atoms with Crippen molar-refractivity contribution >= 4 is 17.4 Å². The molecule has 0 bridgehead atoms. The predicted molar refractivity (Wildman–Crippen MR) is 104 cm³/mol. The Labute approximate surface area is 158 Å². The molecule has 1 aliphatic carbocycles. The van der Waals surface area contributed by atoms with Crippen molar-refractivity contribution in [1.29, 1.82) is 0 Å². The number of hydrogen-bond acceptors (Lipinski definition) is 4. The predicted octanol–water partition coefficient (Wildman–Crippen LogP) is 4.16. The average molecular weight is 359 g/mol. The number of carbonyl (C=O) groups is 2. The summed E-state index contributed by atoms with van der Waals surface area (Å²) >= 11 is 0. The molecule has 1 unspecified atom stereocenters. The van der Waals surface area contributed by atoms with Gasteiger partial charge in [0, 0.05) is 35.4 Å². The Morgan fingerprint density at radius 2 is 1.67 bits per heavy atom. The van der Waals surface area contributed by atoms with Crippen LogP contribution in [-0.4, -0.2) is 30.3 Å². The molecule has 1 heterocycles. The number of ketones is 1. The van der Waals surface area contributed by atoms with Gasteiger partial charge in [-0.3, -0.25) is 4.79 Å². The molecule has 0 amide bonds. The summed E-state index contributed by atoms with van der Waals surface area (Å²) in [5.74, 6) is -0.821. The lowest BCUT2D eigenvalue weighted by Gasteiger charge is -2.35. The lowest BCUT2D eigenvalue weighted by atomic mass is 9.79. The highest BCUT2D eigenvalue weighted by Crippen LogP contribution is 2.49. The molecule has 4 nitrogen and oxygen atoms in total. The van der Waals surface area contributed by atoms with Crippen LogP contribution in [0, 0.1) is 0 Å². The topological polar surface area (TPSA) is 46.6 Å². The van der Waals surface area contributed by atoms with Gasteiger partial charge in [-0.2, -0.15) is 0 Å². The molecule has 4 rings (SSSR count). The van der Waals surface area contributed by atoms with E-state index in [1.807, 2.05) is 73.5 Å². The number of rotatable bonds is 3. The monoisotopic (exact) mass is 359 g/mol. The Bertz CT molecular complexity index is 1000. The van der Waals surface area contributed by atoms with Crippen LogP contribution >= 0.6 is 0 Å². The van der Waals surface area contributed by atoms with E-state index in [4.69, 9.17) is 4.74 Å². The van der Waals surface area contributed by atoms with Crippen molar-refractivity contribution in [3.05, 3.63) is 88.1 Å². The van der Waals surface area contributed by atoms with E-state index in [1.54, 1.807) is 6.92 Å². The number of Topliss-reactive ketones (excluding diaryl/α,β-unsaturated/α-hetero) is 1. The highest BCUT2D eigenvalue weighted by Gasteiger charge is 2.44. The van der Waals surface area contributed by atoms with E-state index in [-0.39, 0.29) is 11.8 Å². The van der Waals surface area contributed by atoms with Crippen LogP contribution in [0.5, 0.6) is 0 Å². The highest BCUT2D eigenvalue weighted by atomic mass is 16.5. The molecule has 0 spiro atoms. The van der Waals surface area contributed by atoms with Gasteiger partial charge < -0.3 is 9.64 Å². The Morgan fingerprint density at radius 3 is 2.33 bits per heavy atom. The summed E-state index contributed by atoms with van der Waals surface area (Å²) in [4.78, 5) is 28.1. The first kappa shape index (κ1) is 17.3. The summed E-state index contributed by atoms with van der Waals surface area (Å²) in [5, 5.41) is 0. The van der Waals surface area contributed by atoms with Crippen LogP contribution in [0.4, 0.5) is 0 Å². The van der Waals surface area contributed by atoms with Gasteiger partial charge in [0.1, 0.15) is 0 Å². The van der Waals surface area contributed by atoms with Crippen LogP contribution in [0.1, 0.15) is 41.3 Å². The number of ether oxygens (including phenoxy) is 1. The van der Waals surface area contributed by atoms with E-state index in [0.29, 0.717) is 23.3 Å². The van der Waals surface area contributed by atoms with Gasteiger partial charge in [0.25, 0.3) is 0 Å². The minimum atomic E-state index is -0.434. The molecule has 1 aliphatic heterocycles. The van der Waals surface area contributed by atoms with Crippen molar-refractivity contribution in [3.63, 3.8) is 0 Å². The zero-order chi connectivity index (χ0) is 19.1. The largest absolute Gasteiger partial charge is 0.463 e. The van der Waals surface area contributed by atoms with E-state index < -0.39 is 5.92 Å². The van der Waals surface area contributed by atoms with Crippen molar-refractivity contribution in [2.45, 2.75) is 19.8 Å². The maximum atomic E-state index is 13.3. The quantitative estimate of drug-likeness (QED) is 0.772. The number of benzene rings is 2. The molecule has 2 aromatic carbocycles. The number of allylic oxidation sites excluding steroid dienone is 2. The van der Waals surface area contributed by atoms with E-state index >= 15 is 0 Å². The van der Waals surface area contributed by atoms with Gasteiger partial charge in [-0.1, -0.05) is 54.6 Å². The fraction of sp³-hybridized carbons (Fsp3) is 0.217. The number of carbonyl (C=O) groups excluding carboxylic acids is 2. The molecule has 0 N–H and O–H groups in total. The van der Waals surface area contributed by atoms with Gasteiger partial charge in [0.15, 0.2) is 5.78 Å². The molecule has 136 valence electrons. The van der Waals surface area contributed by atoms with Gasteiger partial charge in [0.05, 0.1) is 17.9 Å². The van der Waals surface area contributed by atoms with Gasteiger partial charge in [-0.15, -0.1) is 0 Å². The van der Waals surface area contributed by atoms with Crippen LogP contribution in [0.2, 0.25) is 0 Å². The first-order valence-electron chi connectivity index (χ1n) is 9.11. The molecule has 0 fully saturated rings. The molecule has 2 aromatic rings. The summed E-state index contributed by atoms with van der Waals surface area (Å²) < 4.78 is 5.36. The number of nitrogens with zero attached hydrogens (tertiary/aromatic N) is 1. The fourth-order valence-corrected chi connectivity index (χ4v) is 4.07. The Balaban J connectivity index is 1.98. The second kappa shape index (κ2) is 6.54. The minimum Gasteiger partial charge on any atom is -0.463 e. The Hall–Kier alpha value is -3.14. The molecule has 1 atom stereocenters. The normalized spacial score (nSPS) is 18.6. The van der Waals surface area contributed by atoms with Crippen molar-refractivity contribution in [3.8, 4) is 0 Å². The third-order valence-corrected chi connectivity index (χ3v) is 5.36. The third-order valence-electron chi connectivity index (χ3n) is 5.36. The summed E-state index contributed by atoms with van der Waals surface area (Å²) in [6, 6.07) is 17.3. The fourth-order valence-electron chi connectivity index (χ4n) is 4.07. The lowest BCUT2D eigenvalue weighted by Crippen LogP contribution is -2.30. The maximum absolute atomic E-state index is 13.3. The zero-order valence-electron chi connectivity index (χ0n) is 15.7. The van der Waals surface area contributed by atoms with Crippen molar-refractivity contribution < 1.29 is 14.3 Å². The summed E-state index contributed by atoms with van der Waals surface area (Å²) in [6.07, 6.45) is 0. The number of fused-ring (bicyclic) bond motifs is 2.